The van der Waals surface area contributed by atoms with Crippen LogP contribution in [0.15, 0.2) is 17.8 Å². The zero-order valence-corrected chi connectivity index (χ0v) is 8.19. The number of pyridine rings is 1. The molecule has 0 aliphatic heterocycles. The Morgan fingerprint density at radius 1 is 1.33 bits per heavy atom. The molecule has 0 aliphatic rings. The molecule has 0 spiro atoms. The van der Waals surface area contributed by atoms with Crippen molar-refractivity contribution in [2.24, 2.45) is 0 Å². The molecule has 0 fully saturated rings. The van der Waals surface area contributed by atoms with Gasteiger partial charge in [0.05, 0.1) is 21.9 Å². The lowest BCUT2D eigenvalue weighted by molar-refractivity contribution is -0.115. The van der Waals surface area contributed by atoms with Crippen LogP contribution in [0.2, 0.25) is 0 Å². The lowest BCUT2D eigenvalue weighted by Crippen LogP contribution is -2.21. The molecule has 0 aromatic carbocycles. The monoisotopic (exact) mass is 233 g/mol. The second-order valence-corrected chi connectivity index (χ2v) is 3.74. The average molecular weight is 233 g/mol. The van der Waals surface area contributed by atoms with Crippen LogP contribution in [-0.2, 0) is 0 Å². The lowest BCUT2D eigenvalue weighted by atomic mass is 10.4. The third kappa shape index (κ3) is 2.56. The molecule has 0 aliphatic carbocycles. The maximum absolute atomic E-state index is 11.9. The first-order chi connectivity index (χ1) is 7.04. The molecule has 80 valence electrons. The number of nitrogens with one attached hydrogen (secondary N) is 1. The van der Waals surface area contributed by atoms with Gasteiger partial charge in [0, 0.05) is 0 Å². The summed E-state index contributed by atoms with van der Waals surface area (Å²) in [5.74, 6) is 0.212. The van der Waals surface area contributed by atoms with Crippen molar-refractivity contribution in [2.75, 3.05) is 11.9 Å². The van der Waals surface area contributed by atoms with Gasteiger partial charge in [-0.1, -0.05) is 0 Å². The Morgan fingerprint density at radius 3 is 2.87 bits per heavy atom. The maximum Gasteiger partial charge on any atom is 0.405 e. The van der Waals surface area contributed by atoms with Gasteiger partial charge in [-0.2, -0.15) is 13.2 Å². The fourth-order valence-corrected chi connectivity index (χ4v) is 1.73. The largest absolute Gasteiger partial charge is 0.405 e. The minimum atomic E-state index is -4.23. The van der Waals surface area contributed by atoms with Crippen molar-refractivity contribution >= 4 is 27.4 Å². The van der Waals surface area contributed by atoms with E-state index in [0.29, 0.717) is 5.52 Å². The number of aromatic nitrogens is 2. The van der Waals surface area contributed by atoms with Gasteiger partial charge in [0.2, 0.25) is 0 Å². The summed E-state index contributed by atoms with van der Waals surface area (Å²) >= 11 is 1.36. The van der Waals surface area contributed by atoms with Gasteiger partial charge in [-0.25, -0.2) is 9.97 Å². The van der Waals surface area contributed by atoms with E-state index in [1.165, 1.54) is 17.5 Å². The van der Waals surface area contributed by atoms with Crippen molar-refractivity contribution in [3.8, 4) is 0 Å². The molecule has 0 unspecified atom stereocenters. The Hall–Kier alpha value is -1.37. The molecular formula is C8H6F3N3S. The summed E-state index contributed by atoms with van der Waals surface area (Å²) in [6.07, 6.45) is -2.78. The highest BCUT2D eigenvalue weighted by Gasteiger charge is 2.26. The van der Waals surface area contributed by atoms with E-state index in [1.807, 2.05) is 0 Å². The molecule has 1 N–H and O–H groups in total. The van der Waals surface area contributed by atoms with E-state index < -0.39 is 12.7 Å². The van der Waals surface area contributed by atoms with Crippen LogP contribution >= 0.6 is 11.3 Å². The van der Waals surface area contributed by atoms with Gasteiger partial charge in [-0.3, -0.25) is 0 Å². The first-order valence-electron chi connectivity index (χ1n) is 4.04. The summed E-state index contributed by atoms with van der Waals surface area (Å²) in [7, 11) is 0. The first-order valence-corrected chi connectivity index (χ1v) is 4.92. The molecule has 0 atom stereocenters. The van der Waals surface area contributed by atoms with E-state index in [4.69, 9.17) is 0 Å². The highest BCUT2D eigenvalue weighted by molar-refractivity contribution is 7.16. The second kappa shape index (κ2) is 3.65. The SMILES string of the molecule is FC(F)(F)CNc1cc2scnc2cn1. The van der Waals surface area contributed by atoms with Gasteiger partial charge in [-0.15, -0.1) is 11.3 Å². The van der Waals surface area contributed by atoms with Crippen molar-refractivity contribution in [3.63, 3.8) is 0 Å². The van der Waals surface area contributed by atoms with Crippen molar-refractivity contribution < 1.29 is 13.2 Å². The zero-order chi connectivity index (χ0) is 10.9. The number of halogens is 3. The van der Waals surface area contributed by atoms with Gasteiger partial charge < -0.3 is 5.32 Å². The topological polar surface area (TPSA) is 37.8 Å². The van der Waals surface area contributed by atoms with Crippen LogP contribution in [0.3, 0.4) is 0 Å². The van der Waals surface area contributed by atoms with Gasteiger partial charge in [0.25, 0.3) is 0 Å². The Labute approximate surface area is 87.0 Å². The van der Waals surface area contributed by atoms with E-state index in [-0.39, 0.29) is 5.82 Å². The van der Waals surface area contributed by atoms with Gasteiger partial charge >= 0.3 is 6.18 Å². The molecule has 2 heterocycles. The fourth-order valence-electron chi connectivity index (χ4n) is 1.05. The molecule has 15 heavy (non-hydrogen) atoms. The number of nitrogens with zero attached hydrogens (tertiary/aromatic N) is 2. The molecule has 2 aromatic heterocycles. The van der Waals surface area contributed by atoms with E-state index in [9.17, 15) is 13.2 Å². The Morgan fingerprint density at radius 2 is 2.13 bits per heavy atom. The third-order valence-corrected chi connectivity index (χ3v) is 2.48. The Bertz CT molecular complexity index is 465. The van der Waals surface area contributed by atoms with E-state index >= 15 is 0 Å². The first kappa shape index (κ1) is 10.2. The summed E-state index contributed by atoms with van der Waals surface area (Å²) in [5.41, 5.74) is 2.32. The highest BCUT2D eigenvalue weighted by Crippen LogP contribution is 2.21. The summed E-state index contributed by atoms with van der Waals surface area (Å²) in [6, 6.07) is 1.55. The summed E-state index contributed by atoms with van der Waals surface area (Å²) in [6.45, 7) is -1.08. The lowest BCUT2D eigenvalue weighted by Gasteiger charge is -2.08. The Balaban J connectivity index is 2.15. The normalized spacial score (nSPS) is 11.9. The van der Waals surface area contributed by atoms with Crippen LogP contribution in [0, 0.1) is 0 Å². The Kier molecular flexibility index (Phi) is 2.47. The number of thiazole rings is 1. The van der Waals surface area contributed by atoms with Crippen LogP contribution < -0.4 is 5.32 Å². The molecule has 2 aromatic rings. The van der Waals surface area contributed by atoms with E-state index in [0.717, 1.165) is 4.70 Å². The van der Waals surface area contributed by atoms with Gasteiger partial charge in [0.15, 0.2) is 0 Å². The highest BCUT2D eigenvalue weighted by atomic mass is 32.1. The van der Waals surface area contributed by atoms with Crippen LogP contribution in [0.4, 0.5) is 19.0 Å². The van der Waals surface area contributed by atoms with E-state index in [2.05, 4.69) is 15.3 Å². The summed E-state index contributed by atoms with van der Waals surface area (Å²) < 4.78 is 36.5. The molecule has 0 radical (unpaired) electrons. The number of alkyl halides is 3. The molecule has 2 rings (SSSR count). The molecule has 0 bridgehead atoms. The standard InChI is InChI=1S/C8H6F3N3S/c9-8(10,11)3-13-7-1-6-5(2-12-7)14-4-15-6/h1-2,4H,3H2,(H,12,13). The summed E-state index contributed by atoms with van der Waals surface area (Å²) in [4.78, 5) is 7.79. The molecule has 3 nitrogen and oxygen atoms in total. The van der Waals surface area contributed by atoms with Gasteiger partial charge in [0.1, 0.15) is 12.4 Å². The predicted octanol–water partition coefficient (Wildman–Crippen LogP) is 2.67. The molecule has 0 saturated heterocycles. The third-order valence-electron chi connectivity index (χ3n) is 1.69. The number of hydrogen-bond donors (Lipinski definition) is 1. The molecule has 7 heteroatoms. The number of rotatable bonds is 2. The molecule has 0 amide bonds. The quantitative estimate of drug-likeness (QED) is 0.866. The van der Waals surface area contributed by atoms with Crippen LogP contribution in [0.25, 0.3) is 10.2 Å². The van der Waals surface area contributed by atoms with Crippen LogP contribution in [0.1, 0.15) is 0 Å². The molecular weight excluding hydrogens is 227 g/mol. The van der Waals surface area contributed by atoms with Gasteiger partial charge in [-0.05, 0) is 6.07 Å². The summed E-state index contributed by atoms with van der Waals surface area (Å²) in [5, 5.41) is 2.21. The zero-order valence-electron chi connectivity index (χ0n) is 7.38. The minimum Gasteiger partial charge on any atom is -0.361 e. The van der Waals surface area contributed by atoms with Crippen LogP contribution in [-0.4, -0.2) is 22.7 Å². The van der Waals surface area contributed by atoms with E-state index in [1.54, 1.807) is 11.6 Å². The van der Waals surface area contributed by atoms with Crippen molar-refractivity contribution in [2.45, 2.75) is 6.18 Å². The second-order valence-electron chi connectivity index (χ2n) is 2.86. The average Bonchev–Trinajstić information content (AvgIpc) is 2.60. The number of anilines is 1. The maximum atomic E-state index is 11.9. The number of hydrogen-bond acceptors (Lipinski definition) is 4. The van der Waals surface area contributed by atoms with Crippen molar-refractivity contribution in [1.82, 2.24) is 9.97 Å². The predicted molar refractivity (Wildman–Crippen MR) is 52.0 cm³/mol. The smallest absolute Gasteiger partial charge is 0.361 e. The molecule has 0 saturated carbocycles. The number of fused-ring (bicyclic) bond motifs is 1. The van der Waals surface area contributed by atoms with Crippen LogP contribution in [0.5, 0.6) is 0 Å². The fraction of sp³-hybridized carbons (Fsp3) is 0.250. The van der Waals surface area contributed by atoms with Crippen molar-refractivity contribution in [3.05, 3.63) is 17.8 Å². The minimum absolute atomic E-state index is 0.212. The van der Waals surface area contributed by atoms with Crippen molar-refractivity contribution in [1.29, 1.82) is 0 Å².